The second-order valence-electron chi connectivity index (χ2n) is 10.0. The van der Waals surface area contributed by atoms with Crippen molar-refractivity contribution >= 4 is 11.8 Å². The third-order valence-corrected chi connectivity index (χ3v) is 6.85. The summed E-state index contributed by atoms with van der Waals surface area (Å²) in [7, 11) is 0. The molecule has 0 aromatic rings. The lowest BCUT2D eigenvalue weighted by Crippen LogP contribution is -2.48. The van der Waals surface area contributed by atoms with E-state index in [0.717, 1.165) is 44.9 Å². The average molecular weight is 497 g/mol. The number of carbonyl (C=O) groups excluding carboxylic acids is 2. The third kappa shape index (κ3) is 15.1. The number of unbranched alkanes of at least 4 members (excludes halogenated alkanes) is 14. The smallest absolute Gasteiger partial charge is 0.279 e. The minimum absolute atomic E-state index is 0.375. The normalized spacial score (nSPS) is 18.6. The number of amides is 2. The molecule has 0 saturated heterocycles. The van der Waals surface area contributed by atoms with Gasteiger partial charge in [-0.25, -0.2) is 8.78 Å². The van der Waals surface area contributed by atoms with E-state index in [9.17, 15) is 18.4 Å². The van der Waals surface area contributed by atoms with Gasteiger partial charge in [0.05, 0.1) is 0 Å². The van der Waals surface area contributed by atoms with E-state index in [2.05, 4.69) is 24.5 Å². The summed E-state index contributed by atoms with van der Waals surface area (Å²) < 4.78 is 28.4. The predicted octanol–water partition coefficient (Wildman–Crippen LogP) is 8.13. The molecule has 4 nitrogen and oxygen atoms in total. The van der Waals surface area contributed by atoms with E-state index in [0.29, 0.717) is 25.7 Å². The van der Waals surface area contributed by atoms with Crippen molar-refractivity contribution in [1.29, 1.82) is 0 Å². The highest BCUT2D eigenvalue weighted by molar-refractivity contribution is 5.92. The highest BCUT2D eigenvalue weighted by Crippen LogP contribution is 2.21. The SMILES string of the molecule is CCCCCCCCCC=C(F)C(=O)NC1CCCC1NC(=O)C(F)=CCCCCCCCCC. The molecule has 0 spiro atoms. The minimum atomic E-state index is -0.770. The molecule has 0 aliphatic heterocycles. The van der Waals surface area contributed by atoms with Crippen LogP contribution < -0.4 is 10.6 Å². The molecule has 2 amide bonds. The fourth-order valence-electron chi connectivity index (χ4n) is 4.63. The molecule has 0 heterocycles. The second kappa shape index (κ2) is 20.5. The van der Waals surface area contributed by atoms with Gasteiger partial charge in [-0.1, -0.05) is 90.9 Å². The number of nitrogens with one attached hydrogen (secondary N) is 2. The Balaban J connectivity index is 2.30. The average Bonchev–Trinajstić information content (AvgIpc) is 3.28. The van der Waals surface area contributed by atoms with E-state index in [1.807, 2.05) is 0 Å². The lowest BCUT2D eigenvalue weighted by molar-refractivity contribution is -0.122. The highest BCUT2D eigenvalue weighted by atomic mass is 19.1. The summed E-state index contributed by atoms with van der Waals surface area (Å²) in [5.74, 6) is -3.02. The first-order valence-corrected chi connectivity index (χ1v) is 14.3. The van der Waals surface area contributed by atoms with Gasteiger partial charge < -0.3 is 10.6 Å². The third-order valence-electron chi connectivity index (χ3n) is 6.85. The van der Waals surface area contributed by atoms with Crippen molar-refractivity contribution in [1.82, 2.24) is 10.6 Å². The summed E-state index contributed by atoms with van der Waals surface area (Å²) in [6.45, 7) is 4.38. The van der Waals surface area contributed by atoms with Gasteiger partial charge in [-0.15, -0.1) is 0 Å². The van der Waals surface area contributed by atoms with Crippen molar-refractivity contribution in [3.05, 3.63) is 23.8 Å². The van der Waals surface area contributed by atoms with Gasteiger partial charge in [0, 0.05) is 12.1 Å². The summed E-state index contributed by atoms with van der Waals surface area (Å²) in [6, 6.07) is -0.750. The minimum Gasteiger partial charge on any atom is -0.345 e. The molecular weight excluding hydrogens is 446 g/mol. The van der Waals surface area contributed by atoms with Gasteiger partial charge >= 0.3 is 0 Å². The van der Waals surface area contributed by atoms with Crippen LogP contribution in [0.5, 0.6) is 0 Å². The Bertz CT molecular complexity index is 595. The fraction of sp³-hybridized carbons (Fsp3) is 0.793. The molecule has 2 N–H and O–H groups in total. The Morgan fingerprint density at radius 2 is 0.971 bits per heavy atom. The van der Waals surface area contributed by atoms with Crippen LogP contribution in [0.25, 0.3) is 0 Å². The maximum atomic E-state index is 14.2. The van der Waals surface area contributed by atoms with E-state index in [1.165, 1.54) is 63.5 Å². The van der Waals surface area contributed by atoms with Crippen molar-refractivity contribution < 1.29 is 18.4 Å². The molecule has 2 unspecified atom stereocenters. The van der Waals surface area contributed by atoms with Crippen LogP contribution in [0.4, 0.5) is 8.78 Å². The lowest BCUT2D eigenvalue weighted by Gasteiger charge is -2.21. The molecule has 1 aliphatic rings. The summed E-state index contributed by atoms with van der Waals surface area (Å²) >= 11 is 0. The summed E-state index contributed by atoms with van der Waals surface area (Å²) in [5, 5.41) is 5.38. The van der Waals surface area contributed by atoms with Crippen LogP contribution in [0.15, 0.2) is 23.8 Å². The highest BCUT2D eigenvalue weighted by Gasteiger charge is 2.31. The Morgan fingerprint density at radius 3 is 1.34 bits per heavy atom. The lowest BCUT2D eigenvalue weighted by atomic mass is 10.1. The van der Waals surface area contributed by atoms with E-state index < -0.39 is 23.5 Å². The molecule has 0 bridgehead atoms. The maximum absolute atomic E-state index is 14.2. The quantitative estimate of drug-likeness (QED) is 0.132. The number of hydrogen-bond donors (Lipinski definition) is 2. The van der Waals surface area contributed by atoms with Gasteiger partial charge in [0.15, 0.2) is 11.7 Å². The number of allylic oxidation sites excluding steroid dienone is 2. The number of carbonyl (C=O) groups is 2. The van der Waals surface area contributed by atoms with Gasteiger partial charge in [-0.05, 0) is 57.1 Å². The van der Waals surface area contributed by atoms with Crippen molar-refractivity contribution in [2.75, 3.05) is 0 Å². The molecule has 1 fully saturated rings. The van der Waals surface area contributed by atoms with E-state index >= 15 is 0 Å². The largest absolute Gasteiger partial charge is 0.345 e. The molecule has 1 saturated carbocycles. The zero-order valence-corrected chi connectivity index (χ0v) is 22.3. The molecular formula is C29H50F2N2O2. The van der Waals surface area contributed by atoms with Crippen molar-refractivity contribution in [3.63, 3.8) is 0 Å². The molecule has 1 rings (SSSR count). The standard InChI is InChI=1S/C29H50F2N2O2/c1-3-5-7-9-11-13-15-17-20-24(30)28(34)32-26-22-19-23-27(26)33-29(35)25(31)21-18-16-14-12-10-8-6-4-2/h20-21,26-27H,3-19,22-23H2,1-2H3,(H,32,34)(H,33,35). The summed E-state index contributed by atoms with van der Waals surface area (Å²) in [6.07, 6.45) is 21.9. The molecule has 1 aliphatic carbocycles. The first-order valence-electron chi connectivity index (χ1n) is 14.3. The van der Waals surface area contributed by atoms with Crippen LogP contribution >= 0.6 is 0 Å². The van der Waals surface area contributed by atoms with Gasteiger partial charge in [-0.2, -0.15) is 0 Å². The molecule has 0 aromatic carbocycles. The Hall–Kier alpha value is -1.72. The van der Waals surface area contributed by atoms with Crippen LogP contribution in [-0.4, -0.2) is 23.9 Å². The Kier molecular flexibility index (Phi) is 18.3. The van der Waals surface area contributed by atoms with Crippen LogP contribution in [0.2, 0.25) is 0 Å². The van der Waals surface area contributed by atoms with Crippen LogP contribution in [0, 0.1) is 0 Å². The first-order chi connectivity index (χ1) is 17.0. The molecule has 6 heteroatoms. The monoisotopic (exact) mass is 496 g/mol. The summed E-state index contributed by atoms with van der Waals surface area (Å²) in [4.78, 5) is 24.5. The Labute approximate surface area is 212 Å². The van der Waals surface area contributed by atoms with Crippen LogP contribution in [0.3, 0.4) is 0 Å². The van der Waals surface area contributed by atoms with Crippen LogP contribution in [-0.2, 0) is 9.59 Å². The van der Waals surface area contributed by atoms with Crippen molar-refractivity contribution in [3.8, 4) is 0 Å². The fourth-order valence-corrected chi connectivity index (χ4v) is 4.63. The summed E-state index contributed by atoms with van der Waals surface area (Å²) in [5.41, 5.74) is 0. The van der Waals surface area contributed by atoms with Gasteiger partial charge in [-0.3, -0.25) is 9.59 Å². The predicted molar refractivity (Wildman–Crippen MR) is 141 cm³/mol. The second-order valence-corrected chi connectivity index (χ2v) is 10.0. The maximum Gasteiger partial charge on any atom is 0.279 e. The van der Waals surface area contributed by atoms with E-state index in [4.69, 9.17) is 0 Å². The molecule has 0 radical (unpaired) electrons. The number of hydrogen-bond acceptors (Lipinski definition) is 2. The van der Waals surface area contributed by atoms with E-state index in [-0.39, 0.29) is 12.1 Å². The zero-order valence-electron chi connectivity index (χ0n) is 22.3. The number of halogens is 2. The molecule has 202 valence electrons. The Morgan fingerprint density at radius 1 is 0.629 bits per heavy atom. The van der Waals surface area contributed by atoms with E-state index in [1.54, 1.807) is 0 Å². The van der Waals surface area contributed by atoms with Crippen molar-refractivity contribution in [2.45, 2.75) is 148 Å². The van der Waals surface area contributed by atoms with Gasteiger partial charge in [0.2, 0.25) is 0 Å². The molecule has 2 atom stereocenters. The van der Waals surface area contributed by atoms with Crippen LogP contribution in [0.1, 0.15) is 136 Å². The molecule has 35 heavy (non-hydrogen) atoms. The van der Waals surface area contributed by atoms with Gasteiger partial charge in [0.1, 0.15) is 0 Å². The van der Waals surface area contributed by atoms with Crippen molar-refractivity contribution in [2.24, 2.45) is 0 Å². The topological polar surface area (TPSA) is 58.2 Å². The number of rotatable bonds is 20. The first kappa shape index (κ1) is 31.3. The zero-order chi connectivity index (χ0) is 25.7. The molecule has 0 aromatic heterocycles. The van der Waals surface area contributed by atoms with Gasteiger partial charge in [0.25, 0.3) is 11.8 Å².